The number of ether oxygens (including phenoxy) is 1. The molecular weight excluding hydrogens is 196 g/mol. The van der Waals surface area contributed by atoms with Gasteiger partial charge in [-0.25, -0.2) is 0 Å². The third kappa shape index (κ3) is 4.18. The second-order valence-electron chi connectivity index (χ2n) is 3.53. The molecule has 0 amide bonds. The van der Waals surface area contributed by atoms with Crippen LogP contribution in [0.1, 0.15) is 39.0 Å². The van der Waals surface area contributed by atoms with Crippen molar-refractivity contribution in [2.75, 3.05) is 6.61 Å². The number of thioether (sulfide) groups is 1. The van der Waals surface area contributed by atoms with Gasteiger partial charge in [-0.1, -0.05) is 13.0 Å². The van der Waals surface area contributed by atoms with Gasteiger partial charge >= 0.3 is 5.97 Å². The zero-order valence-electron chi connectivity index (χ0n) is 8.75. The van der Waals surface area contributed by atoms with E-state index in [1.807, 2.05) is 18.7 Å². The maximum absolute atomic E-state index is 11.0. The number of esters is 1. The number of rotatable bonds is 6. The van der Waals surface area contributed by atoms with Crippen molar-refractivity contribution in [3.8, 4) is 0 Å². The summed E-state index contributed by atoms with van der Waals surface area (Å²) in [6, 6.07) is 0. The molecule has 1 heterocycles. The van der Waals surface area contributed by atoms with Gasteiger partial charge in [0.05, 0.1) is 6.61 Å². The molecule has 0 aromatic carbocycles. The molecule has 0 aliphatic carbocycles. The standard InChI is InChI=1S/C11H18O2S/c1-3-13-11(12)7-5-4-6-10-8-9(2)14-10/h10H,2-8H2,1H3. The van der Waals surface area contributed by atoms with Gasteiger partial charge in [0.2, 0.25) is 0 Å². The van der Waals surface area contributed by atoms with E-state index in [0.717, 1.165) is 18.1 Å². The van der Waals surface area contributed by atoms with E-state index in [1.54, 1.807) is 0 Å². The summed E-state index contributed by atoms with van der Waals surface area (Å²) in [6.07, 6.45) is 5.05. The molecule has 1 fully saturated rings. The highest BCUT2D eigenvalue weighted by Crippen LogP contribution is 2.41. The van der Waals surface area contributed by atoms with E-state index in [9.17, 15) is 4.79 Å². The Labute approximate surface area is 90.1 Å². The number of unbranched alkanes of at least 4 members (excludes halogenated alkanes) is 1. The Balaban J connectivity index is 1.89. The molecule has 1 atom stereocenters. The maximum atomic E-state index is 11.0. The first-order valence-electron chi connectivity index (χ1n) is 5.22. The maximum Gasteiger partial charge on any atom is 0.305 e. The van der Waals surface area contributed by atoms with Gasteiger partial charge in [-0.3, -0.25) is 4.79 Å². The third-order valence-corrected chi connectivity index (χ3v) is 3.49. The van der Waals surface area contributed by atoms with E-state index in [1.165, 1.54) is 17.7 Å². The fraction of sp³-hybridized carbons (Fsp3) is 0.727. The van der Waals surface area contributed by atoms with Gasteiger partial charge in [0, 0.05) is 11.7 Å². The minimum Gasteiger partial charge on any atom is -0.466 e. The van der Waals surface area contributed by atoms with Gasteiger partial charge in [0.25, 0.3) is 0 Å². The van der Waals surface area contributed by atoms with Crippen LogP contribution >= 0.6 is 11.8 Å². The molecule has 0 spiro atoms. The van der Waals surface area contributed by atoms with Crippen molar-refractivity contribution in [2.24, 2.45) is 0 Å². The lowest BCUT2D eigenvalue weighted by molar-refractivity contribution is -0.143. The molecule has 14 heavy (non-hydrogen) atoms. The predicted molar refractivity (Wildman–Crippen MR) is 60.2 cm³/mol. The second-order valence-corrected chi connectivity index (χ2v) is 5.01. The SMILES string of the molecule is C=C1CC(CCCCC(=O)OCC)S1. The van der Waals surface area contributed by atoms with Gasteiger partial charge in [0.15, 0.2) is 0 Å². The quantitative estimate of drug-likeness (QED) is 0.502. The molecule has 0 aromatic rings. The molecule has 1 saturated heterocycles. The molecule has 1 rings (SSSR count). The molecule has 1 aliphatic rings. The molecule has 0 N–H and O–H groups in total. The van der Waals surface area contributed by atoms with Gasteiger partial charge in [-0.15, -0.1) is 11.8 Å². The highest BCUT2D eigenvalue weighted by molar-refractivity contribution is 8.05. The van der Waals surface area contributed by atoms with Crippen LogP contribution in [0.5, 0.6) is 0 Å². The van der Waals surface area contributed by atoms with Crippen molar-refractivity contribution in [1.29, 1.82) is 0 Å². The topological polar surface area (TPSA) is 26.3 Å². The molecule has 3 heteroatoms. The van der Waals surface area contributed by atoms with Crippen LogP contribution in [0, 0.1) is 0 Å². The highest BCUT2D eigenvalue weighted by atomic mass is 32.2. The van der Waals surface area contributed by atoms with E-state index in [-0.39, 0.29) is 5.97 Å². The summed E-state index contributed by atoms with van der Waals surface area (Å²) in [5.74, 6) is -0.0572. The molecule has 0 saturated carbocycles. The third-order valence-electron chi connectivity index (χ3n) is 2.25. The zero-order valence-corrected chi connectivity index (χ0v) is 9.57. The minimum absolute atomic E-state index is 0.0572. The van der Waals surface area contributed by atoms with Crippen LogP contribution in [-0.2, 0) is 9.53 Å². The Morgan fingerprint density at radius 3 is 2.93 bits per heavy atom. The summed E-state index contributed by atoms with van der Waals surface area (Å²) >= 11 is 1.89. The molecular formula is C11H18O2S. The fourth-order valence-electron chi connectivity index (χ4n) is 1.52. The zero-order chi connectivity index (χ0) is 10.4. The summed E-state index contributed by atoms with van der Waals surface area (Å²) in [4.78, 5) is 12.3. The van der Waals surface area contributed by atoms with Gasteiger partial charge in [-0.05, 0) is 31.1 Å². The van der Waals surface area contributed by atoms with Crippen molar-refractivity contribution in [3.63, 3.8) is 0 Å². The van der Waals surface area contributed by atoms with Crippen molar-refractivity contribution >= 4 is 17.7 Å². The molecule has 2 nitrogen and oxygen atoms in total. The average Bonchev–Trinajstić information content (AvgIpc) is 2.09. The Kier molecular flexibility index (Phi) is 5.09. The minimum atomic E-state index is -0.0572. The molecule has 0 aromatic heterocycles. The molecule has 0 radical (unpaired) electrons. The molecule has 1 aliphatic heterocycles. The van der Waals surface area contributed by atoms with Crippen LogP contribution in [0.15, 0.2) is 11.5 Å². The normalized spacial score (nSPS) is 20.4. The highest BCUT2D eigenvalue weighted by Gasteiger charge is 2.21. The lowest BCUT2D eigenvalue weighted by Gasteiger charge is -2.27. The molecule has 80 valence electrons. The average molecular weight is 214 g/mol. The van der Waals surface area contributed by atoms with Gasteiger partial charge < -0.3 is 4.74 Å². The summed E-state index contributed by atoms with van der Waals surface area (Å²) < 4.78 is 4.85. The van der Waals surface area contributed by atoms with E-state index < -0.39 is 0 Å². The van der Waals surface area contributed by atoms with Crippen LogP contribution in [0.4, 0.5) is 0 Å². The van der Waals surface area contributed by atoms with Crippen LogP contribution in [0.2, 0.25) is 0 Å². The van der Waals surface area contributed by atoms with Gasteiger partial charge in [-0.2, -0.15) is 0 Å². The van der Waals surface area contributed by atoms with Crippen LogP contribution in [0.3, 0.4) is 0 Å². The first-order chi connectivity index (χ1) is 6.72. The lowest BCUT2D eigenvalue weighted by Crippen LogP contribution is -2.13. The molecule has 1 unspecified atom stereocenters. The van der Waals surface area contributed by atoms with E-state index >= 15 is 0 Å². The largest absolute Gasteiger partial charge is 0.466 e. The van der Waals surface area contributed by atoms with Crippen molar-refractivity contribution in [2.45, 2.75) is 44.3 Å². The summed E-state index contributed by atoms with van der Waals surface area (Å²) in [5, 5.41) is 0.768. The van der Waals surface area contributed by atoms with Crippen LogP contribution < -0.4 is 0 Å². The van der Waals surface area contributed by atoms with Crippen molar-refractivity contribution in [3.05, 3.63) is 11.5 Å². The predicted octanol–water partition coefficient (Wildman–Crippen LogP) is 3.13. The fourth-order valence-corrected chi connectivity index (χ4v) is 2.56. The summed E-state index contributed by atoms with van der Waals surface area (Å²) in [5.41, 5.74) is 0. The van der Waals surface area contributed by atoms with Crippen LogP contribution in [-0.4, -0.2) is 17.8 Å². The monoisotopic (exact) mass is 214 g/mol. The number of allylic oxidation sites excluding steroid dienone is 1. The number of carbonyl (C=O) groups is 1. The van der Waals surface area contributed by atoms with Crippen LogP contribution in [0.25, 0.3) is 0 Å². The summed E-state index contributed by atoms with van der Waals surface area (Å²) in [6.45, 7) is 6.22. The van der Waals surface area contributed by atoms with Crippen molar-refractivity contribution in [1.82, 2.24) is 0 Å². The lowest BCUT2D eigenvalue weighted by atomic mass is 10.1. The summed E-state index contributed by atoms with van der Waals surface area (Å²) in [7, 11) is 0. The van der Waals surface area contributed by atoms with Crippen molar-refractivity contribution < 1.29 is 9.53 Å². The number of carbonyl (C=O) groups excluding carboxylic acids is 1. The second kappa shape index (κ2) is 6.12. The van der Waals surface area contributed by atoms with Gasteiger partial charge in [0.1, 0.15) is 0 Å². The Morgan fingerprint density at radius 2 is 2.36 bits per heavy atom. The smallest absolute Gasteiger partial charge is 0.305 e. The van der Waals surface area contributed by atoms with E-state index in [0.29, 0.717) is 13.0 Å². The Bertz CT molecular complexity index is 205. The Hall–Kier alpha value is -0.440. The number of hydrogen-bond donors (Lipinski definition) is 0. The van der Waals surface area contributed by atoms with E-state index in [2.05, 4.69) is 6.58 Å². The van der Waals surface area contributed by atoms with E-state index in [4.69, 9.17) is 4.74 Å². The Morgan fingerprint density at radius 1 is 1.64 bits per heavy atom. The first kappa shape index (κ1) is 11.6. The molecule has 0 bridgehead atoms. The number of hydrogen-bond acceptors (Lipinski definition) is 3. The first-order valence-corrected chi connectivity index (χ1v) is 6.10.